The minimum absolute atomic E-state index is 0.0216. The Morgan fingerprint density at radius 2 is 1.77 bits per heavy atom. The average molecular weight is 686 g/mol. The number of esters is 1. The van der Waals surface area contributed by atoms with E-state index in [-0.39, 0.29) is 28.7 Å². The highest BCUT2D eigenvalue weighted by atomic mass is 79.9. The number of nitrogens with zero attached hydrogens (tertiary/aromatic N) is 3. The third-order valence-electron chi connectivity index (χ3n) is 6.45. The van der Waals surface area contributed by atoms with Crippen molar-refractivity contribution in [3.8, 4) is 16.9 Å². The first-order valence-corrected chi connectivity index (χ1v) is 15.7. The van der Waals surface area contributed by atoms with Crippen molar-refractivity contribution in [2.24, 2.45) is 0 Å². The molecule has 222 valence electrons. The summed E-state index contributed by atoms with van der Waals surface area (Å²) in [6.45, 7) is 0.457. The van der Waals surface area contributed by atoms with Crippen LogP contribution < -0.4 is 5.32 Å². The number of rotatable bonds is 9. The van der Waals surface area contributed by atoms with Gasteiger partial charge in [0.15, 0.2) is 6.61 Å². The second-order valence-electron chi connectivity index (χ2n) is 9.37. The van der Waals surface area contributed by atoms with Crippen LogP contribution in [0.2, 0.25) is 5.02 Å². The number of para-hydroxylation sites is 1. The number of sulfonamides is 1. The topological polar surface area (TPSA) is 120 Å². The maximum absolute atomic E-state index is 13.0. The lowest BCUT2D eigenvalue weighted by Gasteiger charge is -2.26. The Kier molecular flexibility index (Phi) is 9.73. The molecule has 0 spiro atoms. The molecule has 0 unspecified atom stereocenters. The highest BCUT2D eigenvalue weighted by Crippen LogP contribution is 2.28. The van der Waals surface area contributed by atoms with E-state index >= 15 is 0 Å². The van der Waals surface area contributed by atoms with Gasteiger partial charge in [0.25, 0.3) is 5.91 Å². The summed E-state index contributed by atoms with van der Waals surface area (Å²) in [4.78, 5) is 25.1. The Morgan fingerprint density at radius 3 is 2.49 bits per heavy atom. The molecule has 10 nitrogen and oxygen atoms in total. The molecule has 4 aromatic rings. The monoisotopic (exact) mass is 684 g/mol. The lowest BCUT2D eigenvalue weighted by molar-refractivity contribution is -0.142. The van der Waals surface area contributed by atoms with E-state index in [1.165, 1.54) is 28.6 Å². The molecule has 13 heteroatoms. The van der Waals surface area contributed by atoms with E-state index in [2.05, 4.69) is 21.2 Å². The second kappa shape index (κ2) is 13.7. The number of anilines is 1. The molecule has 43 heavy (non-hydrogen) atoms. The lowest BCUT2D eigenvalue weighted by atomic mass is 10.1. The highest BCUT2D eigenvalue weighted by molar-refractivity contribution is 9.10. The summed E-state index contributed by atoms with van der Waals surface area (Å²) in [5.74, 6) is -1.43. The summed E-state index contributed by atoms with van der Waals surface area (Å²) in [6, 6.07) is 21.2. The van der Waals surface area contributed by atoms with E-state index < -0.39 is 28.5 Å². The number of halogens is 2. The SMILES string of the molecule is O=C(COC(=O)C=Cc1cn(-c2ccccc2)nc1-c1ccc(Br)cc1)Nc1cc(S(=O)(=O)N2CCOCC2)ccc1Cl. The number of carbonyl (C=O) groups excluding carboxylic acids is 2. The van der Waals surface area contributed by atoms with Crippen molar-refractivity contribution in [2.45, 2.75) is 4.90 Å². The Bertz CT molecular complexity index is 1760. The van der Waals surface area contributed by atoms with Crippen LogP contribution in [-0.2, 0) is 29.1 Å². The quantitative estimate of drug-likeness (QED) is 0.191. The molecule has 0 atom stereocenters. The van der Waals surface area contributed by atoms with Crippen LogP contribution >= 0.6 is 27.5 Å². The molecule has 0 saturated carbocycles. The van der Waals surface area contributed by atoms with Gasteiger partial charge in [-0.2, -0.15) is 9.40 Å². The third-order valence-corrected chi connectivity index (χ3v) is 9.20. The van der Waals surface area contributed by atoms with Crippen LogP contribution in [-0.4, -0.2) is 67.3 Å². The first kappa shape index (κ1) is 30.6. The zero-order chi connectivity index (χ0) is 30.4. The van der Waals surface area contributed by atoms with Crippen molar-refractivity contribution in [3.63, 3.8) is 0 Å². The number of hydrogen-bond donors (Lipinski definition) is 1. The molecule has 1 N–H and O–H groups in total. The molecule has 3 aromatic carbocycles. The van der Waals surface area contributed by atoms with E-state index in [0.29, 0.717) is 24.5 Å². The van der Waals surface area contributed by atoms with E-state index in [9.17, 15) is 18.0 Å². The Morgan fingerprint density at radius 1 is 1.05 bits per heavy atom. The molecule has 1 saturated heterocycles. The van der Waals surface area contributed by atoms with Crippen molar-refractivity contribution < 1.29 is 27.5 Å². The Hall–Kier alpha value is -3.81. The lowest BCUT2D eigenvalue weighted by Crippen LogP contribution is -2.40. The molecular formula is C30H26BrClN4O6S. The molecule has 1 aliphatic heterocycles. The first-order valence-electron chi connectivity index (χ1n) is 13.1. The Balaban J connectivity index is 1.25. The molecule has 1 aliphatic rings. The van der Waals surface area contributed by atoms with Crippen LogP contribution in [0.15, 0.2) is 94.4 Å². The number of aromatic nitrogens is 2. The molecular weight excluding hydrogens is 660 g/mol. The number of nitrogens with one attached hydrogen (secondary N) is 1. The maximum atomic E-state index is 13.0. The number of ether oxygens (including phenoxy) is 2. The molecule has 0 radical (unpaired) electrons. The van der Waals surface area contributed by atoms with Crippen molar-refractivity contribution in [1.29, 1.82) is 0 Å². The van der Waals surface area contributed by atoms with E-state index in [1.807, 2.05) is 54.6 Å². The van der Waals surface area contributed by atoms with Gasteiger partial charge >= 0.3 is 5.97 Å². The zero-order valence-corrected chi connectivity index (χ0v) is 25.8. The molecule has 0 bridgehead atoms. The minimum Gasteiger partial charge on any atom is -0.452 e. The largest absolute Gasteiger partial charge is 0.452 e. The van der Waals surface area contributed by atoms with Gasteiger partial charge in [-0.25, -0.2) is 17.9 Å². The molecule has 5 rings (SSSR count). The first-order chi connectivity index (χ1) is 20.7. The molecule has 1 aromatic heterocycles. The van der Waals surface area contributed by atoms with Gasteiger partial charge in [-0.05, 0) is 48.5 Å². The van der Waals surface area contributed by atoms with Crippen LogP contribution in [0.25, 0.3) is 23.0 Å². The highest BCUT2D eigenvalue weighted by Gasteiger charge is 2.27. The van der Waals surface area contributed by atoms with Crippen molar-refractivity contribution in [2.75, 3.05) is 38.2 Å². The number of morpholine rings is 1. The van der Waals surface area contributed by atoms with Crippen LogP contribution in [0.5, 0.6) is 0 Å². The number of carbonyl (C=O) groups is 2. The van der Waals surface area contributed by atoms with Crippen LogP contribution in [0, 0.1) is 0 Å². The van der Waals surface area contributed by atoms with Crippen LogP contribution in [0.3, 0.4) is 0 Å². The fourth-order valence-electron chi connectivity index (χ4n) is 4.28. The van der Waals surface area contributed by atoms with Crippen molar-refractivity contribution >= 4 is 61.2 Å². The predicted octanol–water partition coefficient (Wildman–Crippen LogP) is 5.17. The summed E-state index contributed by atoms with van der Waals surface area (Å²) in [5.41, 5.74) is 3.10. The number of benzene rings is 3. The van der Waals surface area contributed by atoms with Gasteiger partial charge in [-0.15, -0.1) is 0 Å². The van der Waals surface area contributed by atoms with E-state index in [4.69, 9.17) is 26.2 Å². The summed E-state index contributed by atoms with van der Waals surface area (Å²) >= 11 is 9.64. The smallest absolute Gasteiger partial charge is 0.331 e. The third kappa shape index (κ3) is 7.59. The van der Waals surface area contributed by atoms with Gasteiger partial charge < -0.3 is 14.8 Å². The maximum Gasteiger partial charge on any atom is 0.331 e. The standard InChI is InChI=1S/C30H26BrClN4O6S/c31-23-9-6-21(7-10-23)30-22(19-36(34-30)24-4-2-1-3-5-24)8-13-29(38)42-20-28(37)33-27-18-25(11-12-26(27)32)43(39,40)35-14-16-41-17-15-35/h1-13,18-19H,14-17,20H2,(H,33,37). The van der Waals surface area contributed by atoms with Gasteiger partial charge in [-0.1, -0.05) is 57.9 Å². The molecule has 0 aliphatic carbocycles. The average Bonchev–Trinajstić information content (AvgIpc) is 3.45. The number of hydrogen-bond acceptors (Lipinski definition) is 7. The minimum atomic E-state index is -3.80. The molecule has 1 fully saturated rings. The zero-order valence-electron chi connectivity index (χ0n) is 22.7. The molecule has 1 amide bonds. The van der Waals surface area contributed by atoms with Gasteiger partial charge in [0.2, 0.25) is 10.0 Å². The summed E-state index contributed by atoms with van der Waals surface area (Å²) in [7, 11) is -3.80. The summed E-state index contributed by atoms with van der Waals surface area (Å²) in [5, 5.41) is 7.36. The Labute approximate surface area is 262 Å². The predicted molar refractivity (Wildman–Crippen MR) is 166 cm³/mol. The van der Waals surface area contributed by atoms with Gasteiger partial charge in [0, 0.05) is 41.0 Å². The van der Waals surface area contributed by atoms with Crippen LogP contribution in [0.1, 0.15) is 5.56 Å². The summed E-state index contributed by atoms with van der Waals surface area (Å²) in [6.07, 6.45) is 4.58. The van der Waals surface area contributed by atoms with Crippen LogP contribution in [0.4, 0.5) is 5.69 Å². The number of amides is 1. The van der Waals surface area contributed by atoms with Crippen molar-refractivity contribution in [3.05, 3.63) is 100 Å². The normalized spacial score (nSPS) is 14.1. The molecule has 2 heterocycles. The van der Waals surface area contributed by atoms with Gasteiger partial charge in [0.05, 0.1) is 40.2 Å². The van der Waals surface area contributed by atoms with E-state index in [0.717, 1.165) is 15.7 Å². The van der Waals surface area contributed by atoms with Gasteiger partial charge in [0.1, 0.15) is 0 Å². The fourth-order valence-corrected chi connectivity index (χ4v) is 6.14. The fraction of sp³-hybridized carbons (Fsp3) is 0.167. The van der Waals surface area contributed by atoms with Gasteiger partial charge in [-0.3, -0.25) is 4.79 Å². The van der Waals surface area contributed by atoms with Crippen molar-refractivity contribution in [1.82, 2.24) is 14.1 Å². The van der Waals surface area contributed by atoms with E-state index in [1.54, 1.807) is 17.0 Å². The second-order valence-corrected chi connectivity index (χ2v) is 12.6. The summed E-state index contributed by atoms with van der Waals surface area (Å²) < 4.78 is 40.3.